The van der Waals surface area contributed by atoms with Crippen molar-refractivity contribution in [2.24, 2.45) is 4.99 Å². The van der Waals surface area contributed by atoms with Crippen molar-refractivity contribution in [2.75, 3.05) is 0 Å². The van der Waals surface area contributed by atoms with Gasteiger partial charge in [-0.05, 0) is 18.2 Å². The molecule has 21 heavy (non-hydrogen) atoms. The molecule has 3 aromatic rings. The van der Waals surface area contributed by atoms with E-state index in [2.05, 4.69) is 15.0 Å². The number of non-ortho nitro benzene ring substituents is 1. The van der Waals surface area contributed by atoms with Crippen LogP contribution in [-0.4, -0.2) is 26.2 Å². The fourth-order valence-electron chi connectivity index (χ4n) is 1.89. The minimum atomic E-state index is -0.530. The van der Waals surface area contributed by atoms with Crippen molar-refractivity contribution in [3.63, 3.8) is 0 Å². The van der Waals surface area contributed by atoms with Crippen LogP contribution in [0.3, 0.4) is 0 Å². The van der Waals surface area contributed by atoms with Crippen molar-refractivity contribution < 1.29 is 10.0 Å². The molecule has 0 aliphatic rings. The van der Waals surface area contributed by atoms with Crippen LogP contribution in [0.1, 0.15) is 5.56 Å². The second-order valence-corrected chi connectivity index (χ2v) is 4.34. The molecule has 0 saturated carbocycles. The summed E-state index contributed by atoms with van der Waals surface area (Å²) in [6.45, 7) is 0. The molecule has 0 spiro atoms. The number of nitro benzene ring substituents is 1. The Bertz CT molecular complexity index is 821. The predicted octanol–water partition coefficient (Wildman–Crippen LogP) is 2.93. The van der Waals surface area contributed by atoms with Crippen LogP contribution in [0.2, 0.25) is 0 Å². The fraction of sp³-hybridized carbons (Fsp3) is 0. The lowest BCUT2D eigenvalue weighted by molar-refractivity contribution is -0.384. The first kappa shape index (κ1) is 12.8. The van der Waals surface area contributed by atoms with Gasteiger partial charge in [-0.25, -0.2) is 9.98 Å². The van der Waals surface area contributed by atoms with Gasteiger partial charge in [0.2, 0.25) is 5.95 Å². The zero-order valence-corrected chi connectivity index (χ0v) is 10.7. The SMILES string of the molecule is O=[N+]([O-])c1ccc(O)c(C=Nc2nc3ccccc3[nH]2)c1. The summed E-state index contributed by atoms with van der Waals surface area (Å²) >= 11 is 0. The summed E-state index contributed by atoms with van der Waals surface area (Å²) in [5.41, 5.74) is 1.75. The number of para-hydroxylation sites is 2. The molecule has 2 aromatic carbocycles. The average molecular weight is 282 g/mol. The van der Waals surface area contributed by atoms with E-state index in [0.717, 1.165) is 11.0 Å². The van der Waals surface area contributed by atoms with Gasteiger partial charge >= 0.3 is 0 Å². The van der Waals surface area contributed by atoms with Crippen LogP contribution in [-0.2, 0) is 0 Å². The number of aromatic nitrogens is 2. The molecular formula is C14H10N4O3. The number of phenolic OH excluding ortho intramolecular Hbond substituents is 1. The summed E-state index contributed by atoms with van der Waals surface area (Å²) < 4.78 is 0. The largest absolute Gasteiger partial charge is 0.507 e. The minimum Gasteiger partial charge on any atom is -0.507 e. The number of rotatable bonds is 3. The van der Waals surface area contributed by atoms with Gasteiger partial charge in [-0.15, -0.1) is 0 Å². The zero-order chi connectivity index (χ0) is 14.8. The first-order valence-corrected chi connectivity index (χ1v) is 6.10. The molecular weight excluding hydrogens is 272 g/mol. The minimum absolute atomic E-state index is 0.0829. The van der Waals surface area contributed by atoms with E-state index in [1.165, 1.54) is 24.4 Å². The van der Waals surface area contributed by atoms with Crippen LogP contribution in [0.5, 0.6) is 5.75 Å². The number of aliphatic imine (C=N–C) groups is 1. The van der Waals surface area contributed by atoms with Crippen molar-refractivity contribution in [3.05, 3.63) is 58.1 Å². The van der Waals surface area contributed by atoms with Crippen LogP contribution in [0, 0.1) is 10.1 Å². The Labute approximate surface area is 118 Å². The van der Waals surface area contributed by atoms with Gasteiger partial charge in [-0.2, -0.15) is 0 Å². The highest BCUT2D eigenvalue weighted by atomic mass is 16.6. The number of hydrogen-bond acceptors (Lipinski definition) is 5. The molecule has 0 aliphatic carbocycles. The van der Waals surface area contributed by atoms with Crippen LogP contribution < -0.4 is 0 Å². The highest BCUT2D eigenvalue weighted by Gasteiger charge is 2.09. The molecule has 0 bridgehead atoms. The molecule has 0 radical (unpaired) electrons. The summed E-state index contributed by atoms with van der Waals surface area (Å²) in [7, 11) is 0. The molecule has 0 saturated heterocycles. The van der Waals surface area contributed by atoms with Crippen LogP contribution in [0.4, 0.5) is 11.6 Å². The second kappa shape index (κ2) is 5.04. The molecule has 0 aliphatic heterocycles. The Morgan fingerprint density at radius 2 is 2.10 bits per heavy atom. The first-order valence-electron chi connectivity index (χ1n) is 6.10. The maximum Gasteiger partial charge on any atom is 0.270 e. The standard InChI is InChI=1S/C14H10N4O3/c19-13-6-5-10(18(20)21)7-9(13)8-15-14-16-11-3-1-2-4-12(11)17-14/h1-8,19H,(H,16,17). The Kier molecular flexibility index (Phi) is 3.07. The molecule has 0 unspecified atom stereocenters. The summed E-state index contributed by atoms with van der Waals surface area (Å²) in [4.78, 5) is 21.5. The summed E-state index contributed by atoms with van der Waals surface area (Å²) in [5, 5.41) is 20.4. The molecule has 0 fully saturated rings. The molecule has 0 atom stereocenters. The van der Waals surface area contributed by atoms with Gasteiger partial charge < -0.3 is 10.1 Å². The van der Waals surface area contributed by atoms with Gasteiger partial charge in [0.1, 0.15) is 5.75 Å². The summed E-state index contributed by atoms with van der Waals surface area (Å²) in [6.07, 6.45) is 1.33. The molecule has 2 N–H and O–H groups in total. The molecule has 7 nitrogen and oxygen atoms in total. The first-order chi connectivity index (χ1) is 10.1. The maximum atomic E-state index is 10.7. The van der Waals surface area contributed by atoms with Crippen LogP contribution >= 0.6 is 0 Å². The van der Waals surface area contributed by atoms with Gasteiger partial charge in [0.25, 0.3) is 5.69 Å². The van der Waals surface area contributed by atoms with Gasteiger partial charge in [0.05, 0.1) is 16.0 Å². The highest BCUT2D eigenvalue weighted by Crippen LogP contribution is 2.22. The average Bonchev–Trinajstić information content (AvgIpc) is 2.89. The predicted molar refractivity (Wildman–Crippen MR) is 78.1 cm³/mol. The van der Waals surface area contributed by atoms with Gasteiger partial charge in [0, 0.05) is 23.9 Å². The number of H-pyrrole nitrogens is 1. The number of nitrogens with one attached hydrogen (secondary N) is 1. The van der Waals surface area contributed by atoms with Crippen molar-refractivity contribution in [1.82, 2.24) is 9.97 Å². The van der Waals surface area contributed by atoms with E-state index in [0.29, 0.717) is 5.95 Å². The van der Waals surface area contributed by atoms with E-state index in [9.17, 15) is 15.2 Å². The van der Waals surface area contributed by atoms with Crippen molar-refractivity contribution in [2.45, 2.75) is 0 Å². The number of fused-ring (bicyclic) bond motifs is 1. The Morgan fingerprint density at radius 3 is 2.86 bits per heavy atom. The van der Waals surface area contributed by atoms with E-state index in [1.54, 1.807) is 0 Å². The number of nitrogens with zero attached hydrogens (tertiary/aromatic N) is 3. The number of aromatic hydroxyl groups is 1. The number of hydrogen-bond donors (Lipinski definition) is 2. The lowest BCUT2D eigenvalue weighted by atomic mass is 10.2. The molecule has 1 heterocycles. The van der Waals surface area contributed by atoms with E-state index < -0.39 is 4.92 Å². The number of benzene rings is 2. The number of imidazole rings is 1. The lowest BCUT2D eigenvalue weighted by Crippen LogP contribution is -1.90. The van der Waals surface area contributed by atoms with Crippen molar-refractivity contribution in [3.8, 4) is 5.75 Å². The third-order valence-electron chi connectivity index (χ3n) is 2.92. The molecule has 3 rings (SSSR count). The van der Waals surface area contributed by atoms with E-state index in [1.807, 2.05) is 24.3 Å². The molecule has 7 heteroatoms. The Hall–Kier alpha value is -3.22. The monoisotopic (exact) mass is 282 g/mol. The van der Waals surface area contributed by atoms with Crippen LogP contribution in [0.25, 0.3) is 11.0 Å². The van der Waals surface area contributed by atoms with Crippen LogP contribution in [0.15, 0.2) is 47.5 Å². The smallest absolute Gasteiger partial charge is 0.270 e. The number of aromatic amines is 1. The zero-order valence-electron chi connectivity index (χ0n) is 10.7. The second-order valence-electron chi connectivity index (χ2n) is 4.34. The van der Waals surface area contributed by atoms with Crippen molar-refractivity contribution in [1.29, 1.82) is 0 Å². The third kappa shape index (κ3) is 2.57. The lowest BCUT2D eigenvalue weighted by Gasteiger charge is -1.97. The topological polar surface area (TPSA) is 104 Å². The Balaban J connectivity index is 1.95. The molecule has 104 valence electrons. The van der Waals surface area contributed by atoms with Gasteiger partial charge in [-0.1, -0.05) is 12.1 Å². The Morgan fingerprint density at radius 1 is 1.29 bits per heavy atom. The number of phenols is 1. The number of nitro groups is 1. The van der Waals surface area contributed by atoms with Gasteiger partial charge in [0.15, 0.2) is 0 Å². The maximum absolute atomic E-state index is 10.7. The van der Waals surface area contributed by atoms with Crippen molar-refractivity contribution >= 4 is 28.9 Å². The summed E-state index contributed by atoms with van der Waals surface area (Å²) in [5.74, 6) is 0.280. The highest BCUT2D eigenvalue weighted by molar-refractivity contribution is 5.86. The molecule has 1 aromatic heterocycles. The normalized spacial score (nSPS) is 11.2. The van der Waals surface area contributed by atoms with E-state index in [4.69, 9.17) is 0 Å². The van der Waals surface area contributed by atoms with E-state index in [-0.39, 0.29) is 17.0 Å². The van der Waals surface area contributed by atoms with E-state index >= 15 is 0 Å². The third-order valence-corrected chi connectivity index (χ3v) is 2.92. The molecule has 0 amide bonds. The fourth-order valence-corrected chi connectivity index (χ4v) is 1.89. The van der Waals surface area contributed by atoms with Gasteiger partial charge in [-0.3, -0.25) is 10.1 Å². The summed E-state index contributed by atoms with van der Waals surface area (Å²) in [6, 6.07) is 11.2. The quantitative estimate of drug-likeness (QED) is 0.437.